The van der Waals surface area contributed by atoms with Crippen molar-refractivity contribution >= 4 is 17.9 Å². The highest BCUT2D eigenvalue weighted by Crippen LogP contribution is 2.18. The van der Waals surface area contributed by atoms with Gasteiger partial charge in [-0.05, 0) is 116 Å². The van der Waals surface area contributed by atoms with E-state index in [9.17, 15) is 14.4 Å². The van der Waals surface area contributed by atoms with Gasteiger partial charge in [0, 0.05) is 19.3 Å². The quantitative estimate of drug-likeness (QED) is 0.0261. The molecule has 482 valence electrons. The van der Waals surface area contributed by atoms with E-state index in [0.29, 0.717) is 19.3 Å². The van der Waals surface area contributed by atoms with Crippen LogP contribution in [-0.2, 0) is 28.6 Å². The van der Waals surface area contributed by atoms with Gasteiger partial charge in [-0.3, -0.25) is 14.4 Å². The van der Waals surface area contributed by atoms with Crippen LogP contribution in [0.1, 0.15) is 380 Å². The van der Waals surface area contributed by atoms with Gasteiger partial charge in [0.25, 0.3) is 0 Å². The Labute approximate surface area is 516 Å². The summed E-state index contributed by atoms with van der Waals surface area (Å²) in [5, 5.41) is 0. The largest absolute Gasteiger partial charge is 0.462 e. The Morgan fingerprint density at radius 2 is 0.434 bits per heavy atom. The van der Waals surface area contributed by atoms with Crippen LogP contribution in [0.3, 0.4) is 0 Å². The highest BCUT2D eigenvalue weighted by atomic mass is 16.6. The molecule has 0 radical (unpaired) electrons. The van der Waals surface area contributed by atoms with Gasteiger partial charge in [-0.25, -0.2) is 0 Å². The number of hydrogen-bond acceptors (Lipinski definition) is 6. The van der Waals surface area contributed by atoms with Gasteiger partial charge in [0.1, 0.15) is 13.2 Å². The summed E-state index contributed by atoms with van der Waals surface area (Å²) in [5.74, 6) is -0.889. The van der Waals surface area contributed by atoms with E-state index in [4.69, 9.17) is 14.2 Å². The van der Waals surface area contributed by atoms with Crippen molar-refractivity contribution in [3.8, 4) is 0 Å². The number of rotatable bonds is 67. The fraction of sp³-hybridized carbons (Fsp3) is 0.805. The lowest BCUT2D eigenvalue weighted by Gasteiger charge is -2.18. The fourth-order valence-corrected chi connectivity index (χ4v) is 10.7. The molecule has 0 aromatic heterocycles. The summed E-state index contributed by atoms with van der Waals surface area (Å²) >= 11 is 0. The zero-order valence-electron chi connectivity index (χ0n) is 55.5. The maximum atomic E-state index is 12.9. The average Bonchev–Trinajstić information content (AvgIpc) is 3.49. The third-order valence-corrected chi connectivity index (χ3v) is 16.2. The molecule has 0 saturated carbocycles. The summed E-state index contributed by atoms with van der Waals surface area (Å²) in [5.41, 5.74) is 0. The third-order valence-electron chi connectivity index (χ3n) is 16.2. The molecule has 0 amide bonds. The van der Waals surface area contributed by atoms with Crippen molar-refractivity contribution in [3.05, 3.63) is 72.9 Å². The standard InChI is InChI=1S/C77H138O6/c1-4-7-10-13-16-19-22-25-28-30-32-33-34-35-36-37-38-39-40-41-42-43-45-46-49-52-55-58-61-64-67-70-76(79)82-73-74(72-81-75(78)69-66-63-60-57-54-51-48-27-24-21-18-15-12-9-6-3)83-77(80)71-68-65-62-59-56-53-50-47-44-31-29-26-23-20-17-14-11-8-5-2/h17-18,20-21,26-27,29-30,32,44,47-48,74H,4-16,19,22-25,28,31,33-43,45-46,49-73H2,1-3H3/b20-17-,21-18-,29-26-,32-30-,47-44-,48-27-. The lowest BCUT2D eigenvalue weighted by Crippen LogP contribution is -2.30. The van der Waals surface area contributed by atoms with Gasteiger partial charge in [0.05, 0.1) is 0 Å². The van der Waals surface area contributed by atoms with Gasteiger partial charge in [0.15, 0.2) is 6.10 Å². The van der Waals surface area contributed by atoms with E-state index in [1.807, 2.05) is 0 Å². The van der Waals surface area contributed by atoms with E-state index < -0.39 is 6.10 Å². The first-order valence-corrected chi connectivity index (χ1v) is 36.4. The first kappa shape index (κ1) is 79.8. The normalized spacial score (nSPS) is 12.5. The number of carbonyl (C=O) groups excluding carboxylic acids is 3. The van der Waals surface area contributed by atoms with Crippen LogP contribution in [-0.4, -0.2) is 37.2 Å². The maximum absolute atomic E-state index is 12.9. The van der Waals surface area contributed by atoms with Gasteiger partial charge in [-0.15, -0.1) is 0 Å². The van der Waals surface area contributed by atoms with Crippen molar-refractivity contribution in [1.82, 2.24) is 0 Å². The predicted molar refractivity (Wildman–Crippen MR) is 362 cm³/mol. The Bertz CT molecular complexity index is 1520. The summed E-state index contributed by atoms with van der Waals surface area (Å²) in [6.45, 7) is 6.62. The smallest absolute Gasteiger partial charge is 0.306 e. The van der Waals surface area contributed by atoms with Crippen LogP contribution in [0.5, 0.6) is 0 Å². The summed E-state index contributed by atoms with van der Waals surface area (Å²) in [7, 11) is 0. The molecule has 0 aliphatic rings. The van der Waals surface area contributed by atoms with Gasteiger partial charge >= 0.3 is 17.9 Å². The summed E-state index contributed by atoms with van der Waals surface area (Å²) < 4.78 is 17.0. The average molecular weight is 1160 g/mol. The molecule has 0 aliphatic carbocycles. The first-order valence-electron chi connectivity index (χ1n) is 36.4. The second kappa shape index (κ2) is 71.3. The molecule has 0 rings (SSSR count). The molecule has 0 fully saturated rings. The molecule has 0 aromatic rings. The summed E-state index contributed by atoms with van der Waals surface area (Å²) in [6, 6.07) is 0. The molecule has 0 aromatic carbocycles. The number of carbonyl (C=O) groups is 3. The van der Waals surface area contributed by atoms with Crippen LogP contribution in [0.15, 0.2) is 72.9 Å². The molecular formula is C77H138O6. The number of hydrogen-bond donors (Lipinski definition) is 0. The SMILES string of the molecule is CCCCC/C=C\C/C=C\C/C=C\CCCCCCCCC(=O)OC(COC(=O)CCCCCCC/C=C\C/C=C\CCCCC)COC(=O)CCCCCCCCCCCCCCCCCCCCC/C=C\CCCCCCCCCC. The minimum atomic E-state index is -0.789. The summed E-state index contributed by atoms with van der Waals surface area (Å²) in [4.78, 5) is 38.4. The Morgan fingerprint density at radius 1 is 0.241 bits per heavy atom. The van der Waals surface area contributed by atoms with Crippen molar-refractivity contribution in [1.29, 1.82) is 0 Å². The van der Waals surface area contributed by atoms with Crippen molar-refractivity contribution in [2.45, 2.75) is 386 Å². The van der Waals surface area contributed by atoms with Gasteiger partial charge in [-0.1, -0.05) is 318 Å². The van der Waals surface area contributed by atoms with Crippen LogP contribution < -0.4 is 0 Å². The second-order valence-corrected chi connectivity index (χ2v) is 24.5. The fourth-order valence-electron chi connectivity index (χ4n) is 10.7. The van der Waals surface area contributed by atoms with Crippen LogP contribution in [0.4, 0.5) is 0 Å². The number of ether oxygens (including phenoxy) is 3. The van der Waals surface area contributed by atoms with Crippen molar-refractivity contribution in [2.24, 2.45) is 0 Å². The van der Waals surface area contributed by atoms with E-state index in [1.54, 1.807) is 0 Å². The Balaban J connectivity index is 4.23. The van der Waals surface area contributed by atoms with Crippen LogP contribution >= 0.6 is 0 Å². The number of allylic oxidation sites excluding steroid dienone is 12. The third kappa shape index (κ3) is 69.5. The molecule has 0 bridgehead atoms. The highest BCUT2D eigenvalue weighted by Gasteiger charge is 2.19. The minimum Gasteiger partial charge on any atom is -0.462 e. The van der Waals surface area contributed by atoms with E-state index in [1.165, 1.54) is 238 Å². The van der Waals surface area contributed by atoms with E-state index in [-0.39, 0.29) is 31.1 Å². The van der Waals surface area contributed by atoms with E-state index >= 15 is 0 Å². The second-order valence-electron chi connectivity index (χ2n) is 24.5. The van der Waals surface area contributed by atoms with Gasteiger partial charge in [0.2, 0.25) is 0 Å². The van der Waals surface area contributed by atoms with Crippen LogP contribution in [0, 0.1) is 0 Å². The van der Waals surface area contributed by atoms with Crippen LogP contribution in [0.2, 0.25) is 0 Å². The molecule has 0 heterocycles. The first-order chi connectivity index (χ1) is 41.0. The number of unbranched alkanes of at least 4 members (excludes halogenated alkanes) is 44. The van der Waals surface area contributed by atoms with Crippen molar-refractivity contribution < 1.29 is 28.6 Å². The molecule has 6 nitrogen and oxygen atoms in total. The molecule has 83 heavy (non-hydrogen) atoms. The highest BCUT2D eigenvalue weighted by molar-refractivity contribution is 5.71. The minimum absolute atomic E-state index is 0.0825. The maximum Gasteiger partial charge on any atom is 0.306 e. The van der Waals surface area contributed by atoms with Crippen molar-refractivity contribution in [3.63, 3.8) is 0 Å². The Morgan fingerprint density at radius 3 is 0.711 bits per heavy atom. The zero-order valence-corrected chi connectivity index (χ0v) is 55.5. The van der Waals surface area contributed by atoms with Gasteiger partial charge < -0.3 is 14.2 Å². The van der Waals surface area contributed by atoms with E-state index in [0.717, 1.165) is 103 Å². The van der Waals surface area contributed by atoms with E-state index in [2.05, 4.69) is 93.7 Å². The molecule has 6 heteroatoms. The monoisotopic (exact) mass is 1160 g/mol. The lowest BCUT2D eigenvalue weighted by molar-refractivity contribution is -0.167. The molecule has 0 spiro atoms. The molecule has 1 unspecified atom stereocenters. The van der Waals surface area contributed by atoms with Crippen molar-refractivity contribution in [2.75, 3.05) is 13.2 Å². The zero-order chi connectivity index (χ0) is 59.9. The molecule has 1 atom stereocenters. The Kier molecular flexibility index (Phi) is 68.6. The Hall–Kier alpha value is -3.15. The molecule has 0 aliphatic heterocycles. The molecule has 0 N–H and O–H groups in total. The predicted octanol–water partition coefficient (Wildman–Crippen LogP) is 25.2. The van der Waals surface area contributed by atoms with Crippen LogP contribution in [0.25, 0.3) is 0 Å². The summed E-state index contributed by atoms with van der Waals surface area (Å²) in [6.07, 6.45) is 93.7. The lowest BCUT2D eigenvalue weighted by atomic mass is 10.0. The molecular weight excluding hydrogens is 1020 g/mol. The molecule has 0 saturated heterocycles. The number of esters is 3. The van der Waals surface area contributed by atoms with Gasteiger partial charge in [-0.2, -0.15) is 0 Å². The topological polar surface area (TPSA) is 78.9 Å².